The van der Waals surface area contributed by atoms with E-state index in [9.17, 15) is 9.59 Å². The average Bonchev–Trinajstić information content (AvgIpc) is 3.16. The van der Waals surface area contributed by atoms with Gasteiger partial charge in [-0.2, -0.15) is 5.26 Å². The third kappa shape index (κ3) is 4.32. The molecule has 2 heterocycles. The summed E-state index contributed by atoms with van der Waals surface area (Å²) < 4.78 is 0. The highest BCUT2D eigenvalue weighted by Gasteiger charge is 2.38. The molecule has 5 nitrogen and oxygen atoms in total. The maximum absolute atomic E-state index is 13.0. The smallest absolute Gasteiger partial charge is 0.228 e. The topological polar surface area (TPSA) is 64.4 Å². The van der Waals surface area contributed by atoms with Gasteiger partial charge in [0, 0.05) is 31.7 Å². The van der Waals surface area contributed by atoms with Crippen LogP contribution in [0.5, 0.6) is 0 Å². The number of rotatable bonds is 4. The second-order valence-corrected chi connectivity index (χ2v) is 8.03. The van der Waals surface area contributed by atoms with Crippen LogP contribution in [0, 0.1) is 23.2 Å². The molecule has 2 fully saturated rings. The lowest BCUT2D eigenvalue weighted by Crippen LogP contribution is -2.42. The molecule has 2 aromatic rings. The second kappa shape index (κ2) is 8.48. The molecular weight excluding hydrogens is 362 g/mol. The molecule has 0 aromatic heterocycles. The molecule has 0 radical (unpaired) electrons. The average molecular weight is 387 g/mol. The number of benzene rings is 2. The molecule has 2 aliphatic rings. The SMILES string of the molecule is N#Cc1cccc(N2CC(C(=O)N3CCC(Cc4ccccc4)CC3)CC2=O)c1. The zero-order valence-corrected chi connectivity index (χ0v) is 16.5. The van der Waals surface area contributed by atoms with E-state index in [-0.39, 0.29) is 24.2 Å². The van der Waals surface area contributed by atoms with E-state index in [2.05, 4.69) is 30.3 Å². The van der Waals surface area contributed by atoms with Crippen molar-refractivity contribution in [2.24, 2.45) is 11.8 Å². The maximum Gasteiger partial charge on any atom is 0.228 e. The van der Waals surface area contributed by atoms with Crippen molar-refractivity contribution in [2.75, 3.05) is 24.5 Å². The van der Waals surface area contributed by atoms with E-state index in [1.165, 1.54) is 5.56 Å². The molecule has 0 saturated carbocycles. The Hall–Kier alpha value is -3.13. The Labute approximate surface area is 171 Å². The Kier molecular flexibility index (Phi) is 5.62. The summed E-state index contributed by atoms with van der Waals surface area (Å²) in [6.45, 7) is 1.94. The number of likely N-dealkylation sites (tertiary alicyclic amines) is 1. The van der Waals surface area contributed by atoms with Crippen molar-refractivity contribution in [1.29, 1.82) is 5.26 Å². The number of nitrogens with zero attached hydrogens (tertiary/aromatic N) is 3. The lowest BCUT2D eigenvalue weighted by atomic mass is 9.89. The van der Waals surface area contributed by atoms with Gasteiger partial charge in [-0.15, -0.1) is 0 Å². The molecule has 2 aromatic carbocycles. The van der Waals surface area contributed by atoms with Gasteiger partial charge >= 0.3 is 0 Å². The van der Waals surface area contributed by atoms with Gasteiger partial charge in [-0.25, -0.2) is 0 Å². The summed E-state index contributed by atoms with van der Waals surface area (Å²) in [7, 11) is 0. The third-order valence-corrected chi connectivity index (χ3v) is 6.05. The van der Waals surface area contributed by atoms with Crippen molar-refractivity contribution in [2.45, 2.75) is 25.7 Å². The highest BCUT2D eigenvalue weighted by atomic mass is 16.2. The van der Waals surface area contributed by atoms with Crippen molar-refractivity contribution in [3.8, 4) is 6.07 Å². The van der Waals surface area contributed by atoms with Crippen molar-refractivity contribution in [1.82, 2.24) is 4.90 Å². The first-order chi connectivity index (χ1) is 14.1. The standard InChI is InChI=1S/C24H25N3O2/c25-16-20-7-4-8-22(14-20)27-17-21(15-23(27)28)24(29)26-11-9-19(10-12-26)13-18-5-2-1-3-6-18/h1-8,14,19,21H,9-13,15,17H2. The molecule has 0 bridgehead atoms. The minimum absolute atomic E-state index is 0.0441. The quantitative estimate of drug-likeness (QED) is 0.808. The van der Waals surface area contributed by atoms with Crippen molar-refractivity contribution in [3.63, 3.8) is 0 Å². The Morgan fingerprint density at radius 3 is 2.55 bits per heavy atom. The monoisotopic (exact) mass is 387 g/mol. The molecule has 0 aliphatic carbocycles. The highest BCUT2D eigenvalue weighted by Crippen LogP contribution is 2.29. The van der Waals surface area contributed by atoms with Crippen LogP contribution in [-0.4, -0.2) is 36.3 Å². The lowest BCUT2D eigenvalue weighted by Gasteiger charge is -2.33. The van der Waals surface area contributed by atoms with E-state index >= 15 is 0 Å². The zero-order valence-electron chi connectivity index (χ0n) is 16.5. The van der Waals surface area contributed by atoms with Gasteiger partial charge in [-0.3, -0.25) is 9.59 Å². The van der Waals surface area contributed by atoms with E-state index in [0.29, 0.717) is 23.7 Å². The Morgan fingerprint density at radius 1 is 1.07 bits per heavy atom. The molecule has 0 spiro atoms. The summed E-state index contributed by atoms with van der Waals surface area (Å²) in [6, 6.07) is 19.6. The number of carbonyl (C=O) groups is 2. The summed E-state index contributed by atoms with van der Waals surface area (Å²) in [4.78, 5) is 29.1. The second-order valence-electron chi connectivity index (χ2n) is 8.03. The normalized spacial score (nSPS) is 20.0. The molecule has 2 amide bonds. The van der Waals surface area contributed by atoms with Gasteiger partial charge < -0.3 is 9.80 Å². The minimum Gasteiger partial charge on any atom is -0.342 e. The van der Waals surface area contributed by atoms with Gasteiger partial charge in [-0.05, 0) is 48.9 Å². The molecule has 4 rings (SSSR count). The zero-order chi connectivity index (χ0) is 20.2. The number of amides is 2. The van der Waals surface area contributed by atoms with Crippen LogP contribution in [0.4, 0.5) is 5.69 Å². The first-order valence-electron chi connectivity index (χ1n) is 10.3. The summed E-state index contributed by atoms with van der Waals surface area (Å²) in [5.41, 5.74) is 2.57. The fourth-order valence-corrected chi connectivity index (χ4v) is 4.43. The van der Waals surface area contributed by atoms with Gasteiger partial charge in [0.15, 0.2) is 0 Å². The summed E-state index contributed by atoms with van der Waals surface area (Å²) in [5, 5.41) is 9.08. The fraction of sp³-hybridized carbons (Fsp3) is 0.375. The lowest BCUT2D eigenvalue weighted by molar-refractivity contribution is -0.137. The Bertz CT molecular complexity index is 927. The number of anilines is 1. The number of piperidine rings is 1. The van der Waals surface area contributed by atoms with E-state index in [4.69, 9.17) is 5.26 Å². The number of hydrogen-bond acceptors (Lipinski definition) is 3. The summed E-state index contributed by atoms with van der Waals surface area (Å²) >= 11 is 0. The molecule has 29 heavy (non-hydrogen) atoms. The predicted octanol–water partition coefficient (Wildman–Crippen LogP) is 3.39. The molecule has 2 saturated heterocycles. The van der Waals surface area contributed by atoms with Crippen molar-refractivity contribution < 1.29 is 9.59 Å². The highest BCUT2D eigenvalue weighted by molar-refractivity contribution is 6.00. The molecule has 2 aliphatic heterocycles. The fourth-order valence-electron chi connectivity index (χ4n) is 4.43. The molecule has 5 heteroatoms. The van der Waals surface area contributed by atoms with E-state index in [0.717, 1.165) is 32.4 Å². The predicted molar refractivity (Wildman–Crippen MR) is 111 cm³/mol. The third-order valence-electron chi connectivity index (χ3n) is 6.05. The maximum atomic E-state index is 13.0. The van der Waals surface area contributed by atoms with E-state index in [1.54, 1.807) is 23.1 Å². The van der Waals surface area contributed by atoms with Crippen LogP contribution in [0.2, 0.25) is 0 Å². The summed E-state index contributed by atoms with van der Waals surface area (Å²) in [5.74, 6) is 0.364. The van der Waals surface area contributed by atoms with Crippen LogP contribution in [0.3, 0.4) is 0 Å². The van der Waals surface area contributed by atoms with Gasteiger partial charge in [0.2, 0.25) is 11.8 Å². The van der Waals surface area contributed by atoms with Crippen LogP contribution in [-0.2, 0) is 16.0 Å². The Balaban J connectivity index is 1.33. The number of carbonyl (C=O) groups excluding carboxylic acids is 2. The van der Waals surface area contributed by atoms with Gasteiger partial charge in [0.1, 0.15) is 0 Å². The van der Waals surface area contributed by atoms with Crippen LogP contribution in [0.25, 0.3) is 0 Å². The molecule has 148 valence electrons. The van der Waals surface area contributed by atoms with Crippen LogP contribution in [0.15, 0.2) is 54.6 Å². The van der Waals surface area contributed by atoms with Crippen molar-refractivity contribution in [3.05, 3.63) is 65.7 Å². The first-order valence-corrected chi connectivity index (χ1v) is 10.3. The van der Waals surface area contributed by atoms with Crippen LogP contribution < -0.4 is 4.90 Å². The molecule has 0 N–H and O–H groups in total. The summed E-state index contributed by atoms with van der Waals surface area (Å²) in [6.07, 6.45) is 3.33. The minimum atomic E-state index is -0.293. The van der Waals surface area contributed by atoms with E-state index in [1.807, 2.05) is 17.0 Å². The Morgan fingerprint density at radius 2 is 1.83 bits per heavy atom. The number of hydrogen-bond donors (Lipinski definition) is 0. The van der Waals surface area contributed by atoms with E-state index < -0.39 is 0 Å². The largest absolute Gasteiger partial charge is 0.342 e. The van der Waals surface area contributed by atoms with Crippen LogP contribution >= 0.6 is 0 Å². The van der Waals surface area contributed by atoms with Gasteiger partial charge in [-0.1, -0.05) is 36.4 Å². The first kappa shape index (κ1) is 19.2. The van der Waals surface area contributed by atoms with Gasteiger partial charge in [0.25, 0.3) is 0 Å². The van der Waals surface area contributed by atoms with Crippen LogP contribution in [0.1, 0.15) is 30.4 Å². The molecular formula is C24H25N3O2. The molecule has 1 unspecified atom stereocenters. The molecule has 1 atom stereocenters. The number of nitriles is 1. The van der Waals surface area contributed by atoms with Gasteiger partial charge in [0.05, 0.1) is 17.6 Å². The van der Waals surface area contributed by atoms with Crippen molar-refractivity contribution >= 4 is 17.5 Å².